The molecule has 104 valence electrons. The Labute approximate surface area is 126 Å². The lowest BCUT2D eigenvalue weighted by atomic mass is 10.1. The van der Waals surface area contributed by atoms with E-state index >= 15 is 0 Å². The average Bonchev–Trinajstić information content (AvgIpc) is 2.66. The second-order valence-corrected chi connectivity index (χ2v) is 8.32. The normalized spacial score (nSPS) is 21.2. The number of benzene rings is 1. The quantitative estimate of drug-likeness (QED) is 0.802. The highest BCUT2D eigenvalue weighted by atomic mass is 79.9. The molecule has 2 rings (SSSR count). The molecule has 0 amide bonds. The Hall–Kier alpha value is -0.660. The summed E-state index contributed by atoms with van der Waals surface area (Å²) in [6.07, 6.45) is 1.46. The molecule has 1 unspecified atom stereocenters. The SMILES string of the molecule is NC(=S)c1cc(Br)ccc1NCC1CCCS1(=O)=O. The number of hydrogen-bond donors (Lipinski definition) is 2. The summed E-state index contributed by atoms with van der Waals surface area (Å²) in [5.74, 6) is 0.293. The first kappa shape index (κ1) is 14.7. The molecule has 1 atom stereocenters. The maximum Gasteiger partial charge on any atom is 0.154 e. The first-order chi connectivity index (χ1) is 8.90. The van der Waals surface area contributed by atoms with Crippen LogP contribution in [-0.4, -0.2) is 31.0 Å². The summed E-state index contributed by atoms with van der Waals surface area (Å²) in [6, 6.07) is 5.54. The monoisotopic (exact) mass is 362 g/mol. The lowest BCUT2D eigenvalue weighted by Crippen LogP contribution is -2.26. The van der Waals surface area contributed by atoms with Crippen LogP contribution in [0.5, 0.6) is 0 Å². The van der Waals surface area contributed by atoms with Gasteiger partial charge in [0, 0.05) is 22.3 Å². The summed E-state index contributed by atoms with van der Waals surface area (Å²) in [5, 5.41) is 2.84. The molecule has 1 saturated heterocycles. The van der Waals surface area contributed by atoms with Gasteiger partial charge in [-0.25, -0.2) is 8.42 Å². The minimum Gasteiger partial charge on any atom is -0.389 e. The first-order valence-electron chi connectivity index (χ1n) is 5.95. The molecule has 0 saturated carbocycles. The Kier molecular flexibility index (Phi) is 4.47. The smallest absolute Gasteiger partial charge is 0.154 e. The zero-order valence-corrected chi connectivity index (χ0v) is 13.4. The molecule has 0 aliphatic carbocycles. The van der Waals surface area contributed by atoms with E-state index in [-0.39, 0.29) is 10.2 Å². The second-order valence-electron chi connectivity index (χ2n) is 4.57. The van der Waals surface area contributed by atoms with Gasteiger partial charge < -0.3 is 11.1 Å². The molecule has 0 radical (unpaired) electrons. The van der Waals surface area contributed by atoms with Crippen molar-refractivity contribution >= 4 is 48.7 Å². The van der Waals surface area contributed by atoms with Crippen LogP contribution in [0.15, 0.2) is 22.7 Å². The van der Waals surface area contributed by atoms with Gasteiger partial charge in [0.15, 0.2) is 9.84 Å². The fourth-order valence-corrected chi connectivity index (χ4v) is 4.48. The molecular formula is C12H15BrN2O2S2. The van der Waals surface area contributed by atoms with Gasteiger partial charge in [-0.05, 0) is 31.0 Å². The molecule has 0 bridgehead atoms. The molecule has 1 fully saturated rings. The van der Waals surface area contributed by atoms with Crippen LogP contribution in [-0.2, 0) is 9.84 Å². The molecule has 1 aromatic rings. The summed E-state index contributed by atoms with van der Waals surface area (Å²) in [6.45, 7) is 0.402. The highest BCUT2D eigenvalue weighted by Crippen LogP contribution is 2.24. The van der Waals surface area contributed by atoms with Crippen molar-refractivity contribution in [3.8, 4) is 0 Å². The van der Waals surface area contributed by atoms with Gasteiger partial charge in [-0.2, -0.15) is 0 Å². The van der Waals surface area contributed by atoms with Crippen molar-refractivity contribution in [1.29, 1.82) is 0 Å². The Morgan fingerprint density at radius 1 is 1.53 bits per heavy atom. The van der Waals surface area contributed by atoms with Gasteiger partial charge in [0.2, 0.25) is 0 Å². The van der Waals surface area contributed by atoms with Crippen LogP contribution in [0.2, 0.25) is 0 Å². The van der Waals surface area contributed by atoms with Crippen molar-refractivity contribution in [1.82, 2.24) is 0 Å². The van der Waals surface area contributed by atoms with Gasteiger partial charge in [0.1, 0.15) is 4.99 Å². The van der Waals surface area contributed by atoms with Gasteiger partial charge in [-0.3, -0.25) is 0 Å². The van der Waals surface area contributed by atoms with Crippen LogP contribution < -0.4 is 11.1 Å². The third-order valence-corrected chi connectivity index (χ3v) is 6.22. The first-order valence-corrected chi connectivity index (χ1v) is 8.86. The minimum atomic E-state index is -2.93. The number of thiocarbonyl (C=S) groups is 1. The number of rotatable bonds is 4. The van der Waals surface area contributed by atoms with Gasteiger partial charge in [0.05, 0.1) is 11.0 Å². The third kappa shape index (κ3) is 3.46. The van der Waals surface area contributed by atoms with Crippen LogP contribution in [0, 0.1) is 0 Å². The zero-order chi connectivity index (χ0) is 14.0. The third-order valence-electron chi connectivity index (χ3n) is 3.23. The fraction of sp³-hybridized carbons (Fsp3) is 0.417. The molecule has 3 N–H and O–H groups in total. The number of halogens is 1. The van der Waals surface area contributed by atoms with E-state index in [2.05, 4.69) is 21.2 Å². The second kappa shape index (κ2) is 5.76. The van der Waals surface area contributed by atoms with E-state index in [1.807, 2.05) is 18.2 Å². The minimum absolute atomic E-state index is 0.290. The van der Waals surface area contributed by atoms with E-state index in [0.717, 1.165) is 22.1 Å². The number of hydrogen-bond acceptors (Lipinski definition) is 4. The van der Waals surface area contributed by atoms with Crippen LogP contribution >= 0.6 is 28.1 Å². The molecule has 1 aliphatic rings. The number of sulfone groups is 1. The molecule has 7 heteroatoms. The van der Waals surface area contributed by atoms with E-state index < -0.39 is 9.84 Å². The summed E-state index contributed by atoms with van der Waals surface area (Å²) < 4.78 is 24.4. The van der Waals surface area contributed by atoms with Crippen molar-refractivity contribution in [2.75, 3.05) is 17.6 Å². The summed E-state index contributed by atoms with van der Waals surface area (Å²) in [7, 11) is -2.93. The number of nitrogens with two attached hydrogens (primary N) is 1. The van der Waals surface area contributed by atoms with E-state index in [1.54, 1.807) is 0 Å². The Balaban J connectivity index is 2.14. The Morgan fingerprint density at radius 3 is 2.84 bits per heavy atom. The maximum absolute atomic E-state index is 11.8. The highest BCUT2D eigenvalue weighted by molar-refractivity contribution is 9.10. The average molecular weight is 363 g/mol. The van der Waals surface area contributed by atoms with Gasteiger partial charge in [-0.1, -0.05) is 28.1 Å². The van der Waals surface area contributed by atoms with Crippen molar-refractivity contribution in [3.63, 3.8) is 0 Å². The molecule has 19 heavy (non-hydrogen) atoms. The van der Waals surface area contributed by atoms with Crippen molar-refractivity contribution in [2.45, 2.75) is 18.1 Å². The molecule has 1 aromatic carbocycles. The van der Waals surface area contributed by atoms with E-state index in [4.69, 9.17) is 18.0 Å². The van der Waals surface area contributed by atoms with Crippen molar-refractivity contribution in [2.24, 2.45) is 5.73 Å². The molecule has 4 nitrogen and oxygen atoms in total. The lowest BCUT2D eigenvalue weighted by Gasteiger charge is -2.15. The topological polar surface area (TPSA) is 72.2 Å². The van der Waals surface area contributed by atoms with Gasteiger partial charge in [-0.15, -0.1) is 0 Å². The lowest BCUT2D eigenvalue weighted by molar-refractivity contribution is 0.591. The van der Waals surface area contributed by atoms with Crippen LogP contribution in [0.1, 0.15) is 18.4 Å². The summed E-state index contributed by atoms with van der Waals surface area (Å²) >= 11 is 8.36. The molecule has 0 spiro atoms. The molecular weight excluding hydrogens is 348 g/mol. The fourth-order valence-electron chi connectivity index (χ4n) is 2.19. The van der Waals surface area contributed by atoms with Gasteiger partial charge >= 0.3 is 0 Å². The van der Waals surface area contributed by atoms with E-state index in [9.17, 15) is 8.42 Å². The van der Waals surface area contributed by atoms with E-state index in [0.29, 0.717) is 18.7 Å². The van der Waals surface area contributed by atoms with Crippen LogP contribution in [0.3, 0.4) is 0 Å². The Morgan fingerprint density at radius 2 is 2.26 bits per heavy atom. The highest BCUT2D eigenvalue weighted by Gasteiger charge is 2.30. The number of nitrogens with one attached hydrogen (secondary N) is 1. The number of anilines is 1. The van der Waals surface area contributed by atoms with Crippen LogP contribution in [0.4, 0.5) is 5.69 Å². The predicted octanol–water partition coefficient (Wildman–Crippen LogP) is 2.07. The zero-order valence-electron chi connectivity index (χ0n) is 10.2. The summed E-state index contributed by atoms with van der Waals surface area (Å²) in [5.41, 5.74) is 7.17. The molecule has 1 aliphatic heterocycles. The van der Waals surface area contributed by atoms with Crippen molar-refractivity contribution < 1.29 is 8.42 Å². The molecule has 0 aromatic heterocycles. The van der Waals surface area contributed by atoms with E-state index in [1.165, 1.54) is 0 Å². The standard InChI is InChI=1S/C12H15BrN2O2S2/c13-8-3-4-11(10(6-8)12(14)18)15-7-9-2-1-5-19(9,16)17/h3-4,6,9,15H,1-2,5,7H2,(H2,14,18). The maximum atomic E-state index is 11.8. The largest absolute Gasteiger partial charge is 0.389 e. The predicted molar refractivity (Wildman–Crippen MR) is 85.3 cm³/mol. The van der Waals surface area contributed by atoms with Crippen LogP contribution in [0.25, 0.3) is 0 Å². The van der Waals surface area contributed by atoms with Crippen molar-refractivity contribution in [3.05, 3.63) is 28.2 Å². The van der Waals surface area contributed by atoms with Gasteiger partial charge in [0.25, 0.3) is 0 Å². The Bertz CT molecular complexity index is 602. The molecule has 1 heterocycles. The summed E-state index contributed by atoms with van der Waals surface area (Å²) in [4.78, 5) is 0.290.